The van der Waals surface area contributed by atoms with E-state index in [0.717, 1.165) is 37.9 Å². The van der Waals surface area contributed by atoms with Gasteiger partial charge in [0.1, 0.15) is 18.0 Å². The lowest BCUT2D eigenvalue weighted by Gasteiger charge is -2.43. The first-order valence-corrected chi connectivity index (χ1v) is 9.59. The summed E-state index contributed by atoms with van der Waals surface area (Å²) in [4.78, 5) is 1.89. The smallest absolute Gasteiger partial charge is 0.118 e. The van der Waals surface area contributed by atoms with Gasteiger partial charge in [-0.2, -0.15) is 0 Å². The van der Waals surface area contributed by atoms with E-state index in [4.69, 9.17) is 4.74 Å². The van der Waals surface area contributed by atoms with Crippen molar-refractivity contribution in [1.82, 2.24) is 4.90 Å². The highest BCUT2D eigenvalue weighted by Gasteiger charge is 2.40. The van der Waals surface area contributed by atoms with E-state index in [1.54, 1.807) is 7.11 Å². The molecule has 0 aliphatic carbocycles. The number of ether oxygens (including phenoxy) is 1. The molecule has 1 heterocycles. The van der Waals surface area contributed by atoms with E-state index >= 15 is 0 Å². The summed E-state index contributed by atoms with van der Waals surface area (Å²) in [7, 11) is 1.67. The van der Waals surface area contributed by atoms with Crippen LogP contribution in [0.1, 0.15) is 37.7 Å². The minimum atomic E-state index is -1.18. The number of β-amino-alcohol motifs (C(OH)–C–C–N with tert-alkyl or cyclic N) is 1. The van der Waals surface area contributed by atoms with Crippen molar-refractivity contribution in [3.8, 4) is 5.75 Å². The average Bonchev–Trinajstić information content (AvgIpc) is 2.66. The molecule has 4 atom stereocenters. The van der Waals surface area contributed by atoms with Crippen LogP contribution in [0.4, 0.5) is 0 Å². The van der Waals surface area contributed by atoms with Crippen molar-refractivity contribution in [2.75, 3.05) is 26.8 Å². The number of aliphatic hydroxyl groups excluding tert-OH is 4. The third-order valence-corrected chi connectivity index (χ3v) is 5.29. The van der Waals surface area contributed by atoms with Crippen LogP contribution in [0.25, 0.3) is 0 Å². The summed E-state index contributed by atoms with van der Waals surface area (Å²) >= 11 is 0. The predicted octanol–water partition coefficient (Wildman–Crippen LogP) is 0.947. The van der Waals surface area contributed by atoms with Crippen LogP contribution in [-0.4, -0.2) is 76.5 Å². The molecule has 2 rings (SSSR count). The van der Waals surface area contributed by atoms with Crippen LogP contribution in [0.3, 0.4) is 0 Å². The van der Waals surface area contributed by atoms with Gasteiger partial charge in [0.2, 0.25) is 0 Å². The van der Waals surface area contributed by atoms with Gasteiger partial charge in [-0.05, 0) is 43.5 Å². The molecule has 0 bridgehead atoms. The SMILES string of the molecule is COc1ccc(CCCCCCCN2C[C@H](O)[C@@H](O)[C@H](O)[C@H]2CO)cc1. The molecule has 1 fully saturated rings. The number of benzene rings is 1. The van der Waals surface area contributed by atoms with E-state index in [9.17, 15) is 20.4 Å². The topological polar surface area (TPSA) is 93.4 Å². The van der Waals surface area contributed by atoms with Crippen molar-refractivity contribution in [2.24, 2.45) is 0 Å². The van der Waals surface area contributed by atoms with Crippen LogP contribution in [0.2, 0.25) is 0 Å². The largest absolute Gasteiger partial charge is 0.497 e. The average molecular weight is 367 g/mol. The van der Waals surface area contributed by atoms with Crippen molar-refractivity contribution in [3.63, 3.8) is 0 Å². The van der Waals surface area contributed by atoms with Gasteiger partial charge in [0.15, 0.2) is 0 Å². The molecule has 0 amide bonds. The summed E-state index contributed by atoms with van der Waals surface area (Å²) in [6, 6.07) is 7.70. The summed E-state index contributed by atoms with van der Waals surface area (Å²) in [5, 5.41) is 38.9. The number of aliphatic hydroxyl groups is 4. The van der Waals surface area contributed by atoms with Gasteiger partial charge in [-0.1, -0.05) is 31.4 Å². The number of hydrogen-bond donors (Lipinski definition) is 4. The summed E-state index contributed by atoms with van der Waals surface area (Å²) in [6.45, 7) is 0.790. The molecule has 0 radical (unpaired) electrons. The number of unbranched alkanes of at least 4 members (excludes halogenated alkanes) is 4. The van der Waals surface area contributed by atoms with Crippen molar-refractivity contribution in [3.05, 3.63) is 29.8 Å². The lowest BCUT2D eigenvalue weighted by Crippen LogP contribution is -2.62. The Labute approximate surface area is 156 Å². The van der Waals surface area contributed by atoms with E-state index in [1.165, 1.54) is 12.0 Å². The molecular formula is C20H33NO5. The summed E-state index contributed by atoms with van der Waals surface area (Å²) in [6.07, 6.45) is 3.31. The second kappa shape index (κ2) is 10.8. The molecule has 1 aliphatic rings. The maximum Gasteiger partial charge on any atom is 0.118 e. The molecule has 1 aromatic rings. The van der Waals surface area contributed by atoms with Gasteiger partial charge in [-0.15, -0.1) is 0 Å². The van der Waals surface area contributed by atoms with E-state index in [0.29, 0.717) is 13.1 Å². The van der Waals surface area contributed by atoms with Gasteiger partial charge >= 0.3 is 0 Å². The number of methoxy groups -OCH3 is 1. The number of piperidine rings is 1. The van der Waals surface area contributed by atoms with Crippen LogP contribution >= 0.6 is 0 Å². The fourth-order valence-corrected chi connectivity index (χ4v) is 3.60. The molecule has 148 valence electrons. The molecule has 6 heteroatoms. The first-order valence-electron chi connectivity index (χ1n) is 9.59. The quantitative estimate of drug-likeness (QED) is 0.460. The highest BCUT2D eigenvalue weighted by molar-refractivity contribution is 5.27. The minimum absolute atomic E-state index is 0.215. The zero-order valence-electron chi connectivity index (χ0n) is 15.6. The van der Waals surface area contributed by atoms with Crippen molar-refractivity contribution < 1.29 is 25.2 Å². The van der Waals surface area contributed by atoms with E-state index in [-0.39, 0.29) is 6.61 Å². The third kappa shape index (κ3) is 5.93. The highest BCUT2D eigenvalue weighted by atomic mass is 16.5. The molecule has 1 aromatic carbocycles. The first kappa shape index (κ1) is 21.1. The Morgan fingerprint density at radius 1 is 0.962 bits per heavy atom. The molecule has 0 unspecified atom stereocenters. The van der Waals surface area contributed by atoms with Crippen LogP contribution < -0.4 is 4.74 Å². The fraction of sp³-hybridized carbons (Fsp3) is 0.700. The number of aryl methyl sites for hydroxylation is 1. The molecule has 4 N–H and O–H groups in total. The van der Waals surface area contributed by atoms with Crippen molar-refractivity contribution in [1.29, 1.82) is 0 Å². The predicted molar refractivity (Wildman–Crippen MR) is 100 cm³/mol. The molecule has 26 heavy (non-hydrogen) atoms. The van der Waals surface area contributed by atoms with E-state index in [2.05, 4.69) is 12.1 Å². The molecule has 0 aromatic heterocycles. The molecule has 0 spiro atoms. The zero-order valence-corrected chi connectivity index (χ0v) is 15.6. The number of hydrogen-bond acceptors (Lipinski definition) is 6. The van der Waals surface area contributed by atoms with E-state index < -0.39 is 24.4 Å². The van der Waals surface area contributed by atoms with Crippen molar-refractivity contribution in [2.45, 2.75) is 62.9 Å². The Hall–Kier alpha value is -1.18. The molecule has 1 aliphatic heterocycles. The summed E-state index contributed by atoms with van der Waals surface area (Å²) in [5.74, 6) is 0.885. The van der Waals surface area contributed by atoms with Gasteiger partial charge in [0, 0.05) is 6.54 Å². The monoisotopic (exact) mass is 367 g/mol. The van der Waals surface area contributed by atoms with Gasteiger partial charge < -0.3 is 25.2 Å². The Morgan fingerprint density at radius 3 is 2.27 bits per heavy atom. The number of rotatable bonds is 10. The van der Waals surface area contributed by atoms with Crippen LogP contribution in [0.15, 0.2) is 24.3 Å². The highest BCUT2D eigenvalue weighted by Crippen LogP contribution is 2.20. The number of nitrogens with zero attached hydrogens (tertiary/aromatic N) is 1. The Morgan fingerprint density at radius 2 is 1.62 bits per heavy atom. The maximum atomic E-state index is 9.97. The van der Waals surface area contributed by atoms with Gasteiger partial charge in [0.25, 0.3) is 0 Å². The van der Waals surface area contributed by atoms with Gasteiger partial charge in [-0.3, -0.25) is 4.90 Å². The second-order valence-corrected chi connectivity index (χ2v) is 7.16. The normalized spacial score (nSPS) is 26.8. The fourth-order valence-electron chi connectivity index (χ4n) is 3.60. The molecule has 1 saturated heterocycles. The maximum absolute atomic E-state index is 9.97. The lowest BCUT2D eigenvalue weighted by molar-refractivity contribution is -0.145. The molecule has 0 saturated carbocycles. The van der Waals surface area contributed by atoms with Gasteiger partial charge in [-0.25, -0.2) is 0 Å². The Bertz CT molecular complexity index is 509. The Balaban J connectivity index is 1.59. The summed E-state index contributed by atoms with van der Waals surface area (Å²) < 4.78 is 5.16. The van der Waals surface area contributed by atoms with Crippen molar-refractivity contribution >= 4 is 0 Å². The van der Waals surface area contributed by atoms with Crippen LogP contribution in [-0.2, 0) is 6.42 Å². The standard InChI is InChI=1S/C20H33NO5/c1-26-16-10-8-15(9-11-16)7-5-3-2-4-6-12-21-13-18(23)20(25)19(24)17(21)14-22/h8-11,17-20,22-25H,2-7,12-14H2,1H3/t17-,18+,19-,20-/m1/s1. The minimum Gasteiger partial charge on any atom is -0.497 e. The molecule has 6 nitrogen and oxygen atoms in total. The lowest BCUT2D eigenvalue weighted by atomic mass is 9.94. The third-order valence-electron chi connectivity index (χ3n) is 5.29. The Kier molecular flexibility index (Phi) is 8.81. The number of likely N-dealkylation sites (tertiary alicyclic amines) is 1. The summed E-state index contributed by atoms with van der Waals surface area (Å²) in [5.41, 5.74) is 1.33. The van der Waals surface area contributed by atoms with Crippen LogP contribution in [0, 0.1) is 0 Å². The van der Waals surface area contributed by atoms with Gasteiger partial charge in [0.05, 0.1) is 25.9 Å². The molecular weight excluding hydrogens is 334 g/mol. The first-order chi connectivity index (χ1) is 12.6. The van der Waals surface area contributed by atoms with Crippen LogP contribution in [0.5, 0.6) is 5.75 Å². The zero-order chi connectivity index (χ0) is 18.9. The second-order valence-electron chi connectivity index (χ2n) is 7.16. The van der Waals surface area contributed by atoms with E-state index in [1.807, 2.05) is 17.0 Å².